The summed E-state index contributed by atoms with van der Waals surface area (Å²) in [5.74, 6) is 0.0240. The van der Waals surface area contributed by atoms with Crippen molar-refractivity contribution in [3.63, 3.8) is 0 Å². The number of rotatable bonds is 25. The van der Waals surface area contributed by atoms with Crippen LogP contribution in [-0.2, 0) is 16.0 Å². The molecule has 2 rings (SSSR count). The zero-order chi connectivity index (χ0) is 29.2. The van der Waals surface area contributed by atoms with E-state index in [1.165, 1.54) is 109 Å². The highest BCUT2D eigenvalue weighted by molar-refractivity contribution is 5.94. The molecule has 0 fully saturated rings. The monoisotopic (exact) mass is 562 g/mol. The van der Waals surface area contributed by atoms with Crippen LogP contribution in [0.3, 0.4) is 0 Å². The molecule has 0 spiro atoms. The summed E-state index contributed by atoms with van der Waals surface area (Å²) in [7, 11) is 0. The van der Waals surface area contributed by atoms with Gasteiger partial charge >= 0.3 is 0 Å². The van der Waals surface area contributed by atoms with Crippen LogP contribution < -0.4 is 10.6 Å². The van der Waals surface area contributed by atoms with Crippen molar-refractivity contribution in [1.29, 1.82) is 0 Å². The Morgan fingerprint density at radius 2 is 0.902 bits per heavy atom. The van der Waals surface area contributed by atoms with Crippen molar-refractivity contribution in [3.05, 3.63) is 60.2 Å². The van der Waals surface area contributed by atoms with Gasteiger partial charge in [-0.3, -0.25) is 9.59 Å². The number of anilines is 2. The summed E-state index contributed by atoms with van der Waals surface area (Å²) in [4.78, 5) is 24.7. The Morgan fingerprint density at radius 3 is 1.37 bits per heavy atom. The molecule has 41 heavy (non-hydrogen) atoms. The average Bonchev–Trinajstić information content (AvgIpc) is 2.98. The molecule has 0 saturated carbocycles. The molecule has 0 unspecified atom stereocenters. The molecule has 0 bridgehead atoms. The third-order valence-corrected chi connectivity index (χ3v) is 7.92. The second-order valence-electron chi connectivity index (χ2n) is 11.8. The van der Waals surface area contributed by atoms with Crippen LogP contribution in [0.25, 0.3) is 0 Å². The van der Waals surface area contributed by atoms with Gasteiger partial charge in [0.1, 0.15) is 0 Å². The van der Waals surface area contributed by atoms with Crippen LogP contribution in [0.15, 0.2) is 54.6 Å². The maximum absolute atomic E-state index is 12.4. The zero-order valence-corrected chi connectivity index (χ0v) is 26.1. The summed E-state index contributed by atoms with van der Waals surface area (Å²) in [6.07, 6.45) is 27.4. The minimum absolute atomic E-state index is 0.0218. The number of aryl methyl sites for hydroxylation is 1. The van der Waals surface area contributed by atoms with Gasteiger partial charge in [0.25, 0.3) is 0 Å². The van der Waals surface area contributed by atoms with Crippen molar-refractivity contribution < 1.29 is 9.59 Å². The molecule has 2 N–H and O–H groups in total. The highest BCUT2D eigenvalue weighted by Gasteiger charge is 2.06. The second-order valence-corrected chi connectivity index (χ2v) is 11.8. The first-order valence-electron chi connectivity index (χ1n) is 16.9. The lowest BCUT2D eigenvalue weighted by Gasteiger charge is -2.09. The number of hydrogen-bond donors (Lipinski definition) is 2. The van der Waals surface area contributed by atoms with Crippen molar-refractivity contribution in [2.24, 2.45) is 0 Å². The van der Waals surface area contributed by atoms with Crippen molar-refractivity contribution in [3.8, 4) is 0 Å². The molecule has 2 amide bonds. The van der Waals surface area contributed by atoms with Gasteiger partial charge < -0.3 is 10.6 Å². The molecule has 2 aromatic rings. The quantitative estimate of drug-likeness (QED) is 0.118. The fourth-order valence-corrected chi connectivity index (χ4v) is 5.39. The maximum atomic E-state index is 12.4. The van der Waals surface area contributed by atoms with Crippen molar-refractivity contribution in [2.75, 3.05) is 10.6 Å². The Bertz CT molecular complexity index is 928. The Labute approximate surface area is 251 Å². The fraction of sp³-hybridized carbons (Fsp3) is 0.622. The van der Waals surface area contributed by atoms with Gasteiger partial charge in [-0.05, 0) is 36.6 Å². The highest BCUT2D eigenvalue weighted by Crippen LogP contribution is 2.18. The third kappa shape index (κ3) is 19.2. The molecule has 4 heteroatoms. The fourth-order valence-electron chi connectivity index (χ4n) is 5.39. The lowest BCUT2D eigenvalue weighted by Crippen LogP contribution is -2.14. The van der Waals surface area contributed by atoms with E-state index in [4.69, 9.17) is 0 Å². The van der Waals surface area contributed by atoms with E-state index in [9.17, 15) is 9.59 Å². The van der Waals surface area contributed by atoms with Gasteiger partial charge in [0.2, 0.25) is 11.8 Å². The molecule has 0 radical (unpaired) electrons. The van der Waals surface area contributed by atoms with Crippen molar-refractivity contribution >= 4 is 23.2 Å². The van der Waals surface area contributed by atoms with Gasteiger partial charge in [-0.15, -0.1) is 0 Å². The molecule has 0 aromatic heterocycles. The number of carbonyl (C=O) groups excluding carboxylic acids is 2. The van der Waals surface area contributed by atoms with Gasteiger partial charge in [0.05, 0.1) is 0 Å². The van der Waals surface area contributed by atoms with E-state index in [2.05, 4.69) is 17.6 Å². The van der Waals surface area contributed by atoms with Crippen LogP contribution in [-0.4, -0.2) is 11.8 Å². The summed E-state index contributed by atoms with van der Waals surface area (Å²) in [6.45, 7) is 2.29. The predicted molar refractivity (Wildman–Crippen MR) is 176 cm³/mol. The number of benzene rings is 2. The van der Waals surface area contributed by atoms with Gasteiger partial charge in [-0.2, -0.15) is 0 Å². The van der Waals surface area contributed by atoms with Crippen LogP contribution in [0.5, 0.6) is 0 Å². The predicted octanol–water partition coefficient (Wildman–Crippen LogP) is 11.0. The molecule has 2 aromatic carbocycles. The van der Waals surface area contributed by atoms with E-state index in [1.54, 1.807) is 0 Å². The lowest BCUT2D eigenvalue weighted by atomic mass is 10.0. The first kappa shape index (κ1) is 34.6. The van der Waals surface area contributed by atoms with Crippen molar-refractivity contribution in [1.82, 2.24) is 0 Å². The normalized spacial score (nSPS) is 11.0. The first-order chi connectivity index (χ1) is 20.2. The zero-order valence-electron chi connectivity index (χ0n) is 26.1. The number of nitrogens with one attached hydrogen (secondary N) is 2. The molecular formula is C37H58N2O2. The molecule has 0 saturated heterocycles. The number of carbonyl (C=O) groups is 2. The Hall–Kier alpha value is -2.62. The minimum Gasteiger partial charge on any atom is -0.326 e. The average molecular weight is 563 g/mol. The van der Waals surface area contributed by atoms with Crippen LogP contribution in [0.4, 0.5) is 11.4 Å². The molecular weight excluding hydrogens is 504 g/mol. The van der Waals surface area contributed by atoms with Gasteiger partial charge in [0.15, 0.2) is 0 Å². The standard InChI is InChI=1S/C37H58N2O2/c1-2-3-4-5-6-7-8-9-10-11-12-13-14-15-16-17-18-19-23-29-36(40)38-34-27-24-28-35(32-34)39-37(41)31-30-33-25-21-20-22-26-33/h20-22,24-28,32H,2-19,23,29-31H2,1H3,(H,38,40)(H,39,41). The molecule has 4 nitrogen and oxygen atoms in total. The molecule has 0 aliphatic heterocycles. The van der Waals surface area contributed by atoms with E-state index in [-0.39, 0.29) is 11.8 Å². The van der Waals surface area contributed by atoms with Gasteiger partial charge in [-0.25, -0.2) is 0 Å². The van der Waals surface area contributed by atoms with Gasteiger partial charge in [0, 0.05) is 24.2 Å². The minimum atomic E-state index is -0.0218. The second kappa shape index (κ2) is 24.0. The van der Waals surface area contributed by atoms with Crippen LogP contribution in [0, 0.1) is 0 Å². The Morgan fingerprint density at radius 1 is 0.488 bits per heavy atom. The number of unbranched alkanes of at least 4 members (excludes halogenated alkanes) is 18. The van der Waals surface area contributed by atoms with E-state index >= 15 is 0 Å². The summed E-state index contributed by atoms with van der Waals surface area (Å²) in [5, 5.41) is 5.92. The largest absolute Gasteiger partial charge is 0.326 e. The lowest BCUT2D eigenvalue weighted by molar-refractivity contribution is -0.117. The van der Waals surface area contributed by atoms with Crippen molar-refractivity contribution in [2.45, 2.75) is 148 Å². The number of amides is 2. The maximum Gasteiger partial charge on any atom is 0.224 e. The molecule has 0 aliphatic rings. The topological polar surface area (TPSA) is 58.2 Å². The number of hydrogen-bond acceptors (Lipinski definition) is 2. The Kier molecular flexibility index (Phi) is 20.3. The SMILES string of the molecule is CCCCCCCCCCCCCCCCCCCCCC(=O)Nc1cccc(NC(=O)CCc2ccccc2)c1. The van der Waals surface area contributed by atoms with E-state index in [0.29, 0.717) is 24.9 Å². The van der Waals surface area contributed by atoms with E-state index in [0.717, 1.165) is 24.1 Å². The summed E-state index contributed by atoms with van der Waals surface area (Å²) in [5.41, 5.74) is 2.59. The van der Waals surface area contributed by atoms with Crippen LogP contribution in [0.2, 0.25) is 0 Å². The summed E-state index contributed by atoms with van der Waals surface area (Å²) < 4.78 is 0. The molecule has 0 heterocycles. The summed E-state index contributed by atoms with van der Waals surface area (Å²) in [6, 6.07) is 17.4. The third-order valence-electron chi connectivity index (χ3n) is 7.92. The Balaban J connectivity index is 1.39. The van der Waals surface area contributed by atoms with Crippen LogP contribution >= 0.6 is 0 Å². The molecule has 0 atom stereocenters. The molecule has 0 aliphatic carbocycles. The first-order valence-corrected chi connectivity index (χ1v) is 16.9. The summed E-state index contributed by atoms with van der Waals surface area (Å²) >= 11 is 0. The highest BCUT2D eigenvalue weighted by atomic mass is 16.2. The van der Waals surface area contributed by atoms with Crippen LogP contribution in [0.1, 0.15) is 147 Å². The van der Waals surface area contributed by atoms with E-state index < -0.39 is 0 Å². The van der Waals surface area contributed by atoms with E-state index in [1.807, 2.05) is 54.6 Å². The smallest absolute Gasteiger partial charge is 0.224 e. The van der Waals surface area contributed by atoms with Gasteiger partial charge in [-0.1, -0.05) is 159 Å². The molecule has 228 valence electrons.